The summed E-state index contributed by atoms with van der Waals surface area (Å²) in [4.78, 5) is 0. The lowest BCUT2D eigenvalue weighted by Crippen LogP contribution is -2.30. The van der Waals surface area contributed by atoms with Crippen LogP contribution in [-0.2, 0) is 6.18 Å². The molecule has 4 N–H and O–H groups in total. The molecule has 1 aliphatic heterocycles. The molecule has 1 heterocycles. The number of rotatable bonds is 5. The van der Waals surface area contributed by atoms with Crippen molar-refractivity contribution < 1.29 is 13.2 Å². The monoisotopic (exact) mass is 389 g/mol. The molecule has 0 aromatic heterocycles. The summed E-state index contributed by atoms with van der Waals surface area (Å²) in [6, 6.07) is 14.7. The van der Waals surface area contributed by atoms with E-state index in [4.69, 9.17) is 5.73 Å². The van der Waals surface area contributed by atoms with Gasteiger partial charge in [0.1, 0.15) is 0 Å². The Morgan fingerprint density at radius 3 is 2.57 bits per heavy atom. The average molecular weight is 389 g/mol. The normalized spacial score (nSPS) is 26.4. The first-order valence-corrected chi connectivity index (χ1v) is 9.93. The van der Waals surface area contributed by atoms with E-state index in [2.05, 4.69) is 22.8 Å². The maximum atomic E-state index is 13.3. The van der Waals surface area contributed by atoms with Gasteiger partial charge in [0.25, 0.3) is 0 Å². The quantitative estimate of drug-likeness (QED) is 0.651. The van der Waals surface area contributed by atoms with E-state index in [1.165, 1.54) is 17.7 Å². The van der Waals surface area contributed by atoms with Crippen LogP contribution in [0.1, 0.15) is 47.9 Å². The van der Waals surface area contributed by atoms with Gasteiger partial charge in [-0.25, -0.2) is 0 Å². The first-order chi connectivity index (χ1) is 13.5. The SMILES string of the molecule is NCCCN[C@H]1CC2c3cc(C(F)(F)F)ccc3N[C@@H](c3ccccc3)[C@@H]2C1. The molecule has 4 atom stereocenters. The predicted octanol–water partition coefficient (Wildman–Crippen LogP) is 4.67. The Morgan fingerprint density at radius 1 is 1.07 bits per heavy atom. The van der Waals surface area contributed by atoms with E-state index in [1.54, 1.807) is 6.07 Å². The number of hydrogen-bond acceptors (Lipinski definition) is 3. The van der Waals surface area contributed by atoms with Crippen molar-refractivity contribution in [2.75, 3.05) is 18.4 Å². The molecule has 2 aromatic carbocycles. The van der Waals surface area contributed by atoms with Crippen LogP contribution in [0.3, 0.4) is 0 Å². The molecule has 1 saturated carbocycles. The van der Waals surface area contributed by atoms with Crippen LogP contribution in [0, 0.1) is 5.92 Å². The first kappa shape index (κ1) is 19.3. The molecule has 28 heavy (non-hydrogen) atoms. The van der Waals surface area contributed by atoms with Crippen LogP contribution in [0.5, 0.6) is 0 Å². The van der Waals surface area contributed by atoms with Crippen molar-refractivity contribution in [3.63, 3.8) is 0 Å². The zero-order valence-electron chi connectivity index (χ0n) is 15.7. The third-order valence-corrected chi connectivity index (χ3v) is 6.10. The van der Waals surface area contributed by atoms with E-state index >= 15 is 0 Å². The zero-order valence-corrected chi connectivity index (χ0v) is 15.7. The first-order valence-electron chi connectivity index (χ1n) is 9.93. The van der Waals surface area contributed by atoms with E-state index in [1.807, 2.05) is 18.2 Å². The van der Waals surface area contributed by atoms with Gasteiger partial charge < -0.3 is 16.4 Å². The number of nitrogens with one attached hydrogen (secondary N) is 2. The van der Waals surface area contributed by atoms with Gasteiger partial charge in [-0.15, -0.1) is 0 Å². The van der Waals surface area contributed by atoms with Gasteiger partial charge in [-0.1, -0.05) is 30.3 Å². The van der Waals surface area contributed by atoms with Crippen LogP contribution in [-0.4, -0.2) is 19.1 Å². The van der Waals surface area contributed by atoms with Crippen LogP contribution in [0.4, 0.5) is 18.9 Å². The fourth-order valence-corrected chi connectivity index (χ4v) is 4.81. The van der Waals surface area contributed by atoms with Crippen LogP contribution < -0.4 is 16.4 Å². The second kappa shape index (κ2) is 7.76. The molecular weight excluding hydrogens is 363 g/mol. The summed E-state index contributed by atoms with van der Waals surface area (Å²) in [7, 11) is 0. The molecule has 1 fully saturated rings. The fraction of sp³-hybridized carbons (Fsp3) is 0.455. The molecule has 1 unspecified atom stereocenters. The predicted molar refractivity (Wildman–Crippen MR) is 105 cm³/mol. The molecule has 6 heteroatoms. The Bertz CT molecular complexity index is 806. The van der Waals surface area contributed by atoms with Crippen LogP contribution in [0.15, 0.2) is 48.5 Å². The standard InChI is InChI=1S/C22H26F3N3/c23-22(24,25)15-7-8-20-18(11-15)17-12-16(27-10-4-9-26)13-19(17)21(28-20)14-5-2-1-3-6-14/h1-3,5-8,11,16-17,19,21,27-28H,4,9-10,12-13,26H2/t16-,17?,19+,21-/m0/s1. The van der Waals surface area contributed by atoms with Gasteiger partial charge in [-0.3, -0.25) is 0 Å². The molecule has 0 radical (unpaired) electrons. The number of halogens is 3. The maximum absolute atomic E-state index is 13.3. The Balaban J connectivity index is 1.67. The van der Waals surface area contributed by atoms with E-state index in [0.29, 0.717) is 12.6 Å². The Kier molecular flexibility index (Phi) is 5.34. The number of benzene rings is 2. The van der Waals surface area contributed by atoms with E-state index in [9.17, 15) is 13.2 Å². The van der Waals surface area contributed by atoms with Crippen molar-refractivity contribution in [1.82, 2.24) is 5.32 Å². The van der Waals surface area contributed by atoms with Crippen LogP contribution >= 0.6 is 0 Å². The van der Waals surface area contributed by atoms with Crippen molar-refractivity contribution in [2.24, 2.45) is 11.7 Å². The molecule has 2 aliphatic rings. The van der Waals surface area contributed by atoms with Crippen LogP contribution in [0.2, 0.25) is 0 Å². The highest BCUT2D eigenvalue weighted by Gasteiger charge is 2.45. The molecule has 0 amide bonds. The second-order valence-electron chi connectivity index (χ2n) is 7.87. The number of anilines is 1. The molecule has 0 bridgehead atoms. The minimum Gasteiger partial charge on any atom is -0.378 e. The van der Waals surface area contributed by atoms with Crippen molar-refractivity contribution >= 4 is 5.69 Å². The molecule has 1 aliphatic carbocycles. The topological polar surface area (TPSA) is 50.1 Å². The summed E-state index contributed by atoms with van der Waals surface area (Å²) in [5.74, 6) is 0.368. The summed E-state index contributed by atoms with van der Waals surface area (Å²) in [5, 5.41) is 7.09. The molecule has 0 spiro atoms. The van der Waals surface area contributed by atoms with Crippen molar-refractivity contribution in [3.8, 4) is 0 Å². The van der Waals surface area contributed by atoms with Gasteiger partial charge in [0.05, 0.1) is 11.6 Å². The summed E-state index contributed by atoms with van der Waals surface area (Å²) in [6.07, 6.45) is -1.62. The molecule has 0 saturated heterocycles. The lowest BCUT2D eigenvalue weighted by atomic mass is 9.77. The molecular formula is C22H26F3N3. The minimum atomic E-state index is -4.32. The van der Waals surface area contributed by atoms with Gasteiger partial charge in [0.15, 0.2) is 0 Å². The number of fused-ring (bicyclic) bond motifs is 3. The third-order valence-electron chi connectivity index (χ3n) is 6.10. The molecule has 150 valence electrons. The second-order valence-corrected chi connectivity index (χ2v) is 7.87. The van der Waals surface area contributed by atoms with E-state index < -0.39 is 11.7 Å². The smallest absolute Gasteiger partial charge is 0.378 e. The maximum Gasteiger partial charge on any atom is 0.416 e. The Hall–Kier alpha value is -2.05. The highest BCUT2D eigenvalue weighted by atomic mass is 19.4. The summed E-state index contributed by atoms with van der Waals surface area (Å²) < 4.78 is 39.8. The number of alkyl halides is 3. The minimum absolute atomic E-state index is 0.108. The van der Waals surface area contributed by atoms with Gasteiger partial charge in [0.2, 0.25) is 0 Å². The van der Waals surface area contributed by atoms with Crippen molar-refractivity contribution in [3.05, 3.63) is 65.2 Å². The number of hydrogen-bond donors (Lipinski definition) is 3. The zero-order chi connectivity index (χ0) is 19.7. The highest BCUT2D eigenvalue weighted by molar-refractivity contribution is 5.59. The van der Waals surface area contributed by atoms with Gasteiger partial charge in [0, 0.05) is 11.7 Å². The molecule has 4 rings (SSSR count). The van der Waals surface area contributed by atoms with Gasteiger partial charge >= 0.3 is 6.18 Å². The molecule has 2 aromatic rings. The summed E-state index contributed by atoms with van der Waals surface area (Å²) in [5.41, 5.74) is 7.84. The van der Waals surface area contributed by atoms with Crippen molar-refractivity contribution in [2.45, 2.75) is 43.4 Å². The van der Waals surface area contributed by atoms with E-state index in [-0.39, 0.29) is 17.9 Å². The lowest BCUT2D eigenvalue weighted by molar-refractivity contribution is -0.137. The van der Waals surface area contributed by atoms with Gasteiger partial charge in [-0.2, -0.15) is 13.2 Å². The number of nitrogens with two attached hydrogens (primary N) is 1. The van der Waals surface area contributed by atoms with Gasteiger partial charge in [-0.05, 0) is 73.5 Å². The summed E-state index contributed by atoms with van der Waals surface area (Å²) in [6.45, 7) is 1.48. The van der Waals surface area contributed by atoms with Crippen LogP contribution in [0.25, 0.3) is 0 Å². The third kappa shape index (κ3) is 3.76. The average Bonchev–Trinajstić information content (AvgIpc) is 3.11. The Morgan fingerprint density at radius 2 is 1.86 bits per heavy atom. The van der Waals surface area contributed by atoms with E-state index in [0.717, 1.165) is 37.1 Å². The molecule has 3 nitrogen and oxygen atoms in total. The van der Waals surface area contributed by atoms with Crippen molar-refractivity contribution in [1.29, 1.82) is 0 Å². The lowest BCUT2D eigenvalue weighted by Gasteiger charge is -2.38. The summed E-state index contributed by atoms with van der Waals surface area (Å²) >= 11 is 0. The Labute approximate surface area is 163 Å². The fourth-order valence-electron chi connectivity index (χ4n) is 4.81. The largest absolute Gasteiger partial charge is 0.416 e. The highest BCUT2D eigenvalue weighted by Crippen LogP contribution is 2.53.